The Bertz CT molecular complexity index is 5750. The zero-order valence-corrected chi connectivity index (χ0v) is 73.7. The maximum absolute atomic E-state index is 15.9. The van der Waals surface area contributed by atoms with Gasteiger partial charge in [-0.3, -0.25) is 45.7 Å². The quantitative estimate of drug-likeness (QED) is 0.0585. The molecule has 30 atom stereocenters. The summed E-state index contributed by atoms with van der Waals surface area (Å²) in [7, 11) is 3.70. The van der Waals surface area contributed by atoms with E-state index in [-0.39, 0.29) is 102 Å². The predicted octanol–water partition coefficient (Wildman–Crippen LogP) is 1.01. The van der Waals surface area contributed by atoms with Crippen LogP contribution in [-0.4, -0.2) is 290 Å². The van der Waals surface area contributed by atoms with E-state index in [1.165, 1.54) is 65.4 Å². The number of alkyl halides is 6. The summed E-state index contributed by atoms with van der Waals surface area (Å²) in [6.07, 6.45) is -25.5. The highest BCUT2D eigenvalue weighted by Crippen LogP contribution is 2.59. The van der Waals surface area contributed by atoms with Crippen LogP contribution in [0.1, 0.15) is 37.4 Å². The maximum Gasteiger partial charge on any atom is 0.264 e. The van der Waals surface area contributed by atoms with Gasteiger partial charge in [0.25, 0.3) is 22.4 Å². The van der Waals surface area contributed by atoms with Crippen LogP contribution in [-0.2, 0) is 137 Å². The number of ether oxygens (including phenoxy) is 6. The van der Waals surface area contributed by atoms with Crippen molar-refractivity contribution in [3.63, 3.8) is 0 Å². The normalized spacial score (nSPS) is 38.2. The number of nitrogen functional groups attached to an aromatic ring is 6. The van der Waals surface area contributed by atoms with E-state index in [9.17, 15) is 28.0 Å². The van der Waals surface area contributed by atoms with E-state index in [4.69, 9.17) is 176 Å². The Hall–Kier alpha value is -8.36. The smallest absolute Gasteiger partial charge is 0.264 e. The summed E-state index contributed by atoms with van der Waals surface area (Å²) in [4.78, 5) is 98.4. The van der Waals surface area contributed by atoms with Crippen LogP contribution in [0.25, 0.3) is 67.0 Å². The number of hydrogen-bond acceptors (Lipinski definition) is 51. The molecule has 21 rings (SSSR count). The monoisotopic (exact) mass is 2010 g/mol. The molecule has 0 spiro atoms. The molecule has 10 unspecified atom stereocenters. The second-order valence-electron chi connectivity index (χ2n) is 29.7. The number of anilines is 6. The molecule has 21 heterocycles. The van der Waals surface area contributed by atoms with Gasteiger partial charge in [0.2, 0.25) is 22.7 Å². The second-order valence-corrected chi connectivity index (χ2v) is 42.5. The van der Waals surface area contributed by atoms with Gasteiger partial charge in [0.15, 0.2) is 150 Å². The van der Waals surface area contributed by atoms with Gasteiger partial charge in [-0.1, -0.05) is 23.6 Å². The molecule has 0 aliphatic carbocycles. The minimum absolute atomic E-state index is 0.0390. The van der Waals surface area contributed by atoms with E-state index in [1.807, 2.05) is 0 Å². The van der Waals surface area contributed by atoms with Crippen molar-refractivity contribution >= 4 is 203 Å². The summed E-state index contributed by atoms with van der Waals surface area (Å²) in [5, 5.41) is 0. The lowest BCUT2D eigenvalue weighted by molar-refractivity contribution is -0.218. The van der Waals surface area contributed by atoms with Crippen molar-refractivity contribution in [2.75, 3.05) is 74.0 Å². The first-order chi connectivity index (χ1) is 62.8. The van der Waals surface area contributed by atoms with Crippen molar-refractivity contribution in [1.29, 1.82) is 0 Å². The minimum atomic E-state index is -4.59. The first-order valence-corrected chi connectivity index (χ1v) is 50.7. The Labute approximate surface area is 751 Å². The number of nitrogens with two attached hydrogens (primary N) is 6. The molecule has 72 heteroatoms. The summed E-state index contributed by atoms with van der Waals surface area (Å²) in [6.45, 7) is -17.8. The van der Waals surface area contributed by atoms with Crippen molar-refractivity contribution in [2.24, 2.45) is 0 Å². The molecule has 9 aliphatic heterocycles. The van der Waals surface area contributed by atoms with E-state index in [1.54, 1.807) is 0 Å². The Kier molecular flexibility index (Phi) is 25.0. The second kappa shape index (κ2) is 35.6. The van der Waals surface area contributed by atoms with Gasteiger partial charge in [0.1, 0.15) is 158 Å². The van der Waals surface area contributed by atoms with Gasteiger partial charge in [0, 0.05) is 0 Å². The molecule has 12 N–H and O–H groups in total. The topological polar surface area (TPSA) is 698 Å². The van der Waals surface area contributed by atoms with Crippen LogP contribution in [0.5, 0.6) is 0 Å². The van der Waals surface area contributed by atoms with E-state index in [0.29, 0.717) is 0 Å². The van der Waals surface area contributed by atoms with E-state index in [0.717, 1.165) is 38.0 Å². The Morgan fingerprint density at radius 2 is 0.485 bits per heavy atom. The molecule has 0 saturated carbocycles. The molecular weight excluding hydrogens is 1950 g/mol. The third-order valence-electron chi connectivity index (χ3n) is 21.6. The van der Waals surface area contributed by atoms with Crippen LogP contribution in [0.15, 0.2) is 75.9 Å². The van der Waals surface area contributed by atoms with Gasteiger partial charge >= 0.3 is 0 Å². The molecule has 0 bridgehead atoms. The Balaban J connectivity index is 0.000000128. The van der Waals surface area contributed by atoms with Gasteiger partial charge in [-0.15, -0.1) is 0 Å². The van der Waals surface area contributed by atoms with Gasteiger partial charge in [-0.05, 0) is 0 Å². The summed E-state index contributed by atoms with van der Waals surface area (Å²) < 4.78 is 255. The van der Waals surface area contributed by atoms with Gasteiger partial charge in [0.05, 0.1) is 77.6 Å². The molecule has 6 radical (unpaired) electrons. The highest BCUT2D eigenvalue weighted by atomic mass is 32.7. The molecular formula is C60H60B3F6N30O24P6S3-3. The van der Waals surface area contributed by atoms with Crippen LogP contribution in [0.3, 0.4) is 0 Å². The SMILES string of the molecule is [B]P1(=O)OC[C@H]2O[C@@H](n3cnc4c(N)ncnc43)[C@@H](F)C2OP([O-])(=S)OC[C@H]2O[C@@H](n3cnc4c(N)ncnc43)[C@@H](F)C2O1.[B][P@@]1(=O)OC[C@H]2O[C@@H](n3cnc4c(N)ncnc43)[C@@H](F)C2OP(=O)([S-])OC[C@H]2O[C@@H](n3cnc4c(N)ncnc43)[C@@H](F)C2O1.[B][P@]1(=O)OC[C@H]2O[C@@H](n3cnc4c(N)ncnc43)[C@@H](F)C2OP([O-])(=S)OC[C@H]2O[C@@H](n3cnc4c(N)ncnc43)[C@@H](F)C2O1. The lowest BCUT2D eigenvalue weighted by Crippen LogP contribution is -2.38. The van der Waals surface area contributed by atoms with Crippen LogP contribution < -0.4 is 44.2 Å². The van der Waals surface area contributed by atoms with E-state index in [2.05, 4.69) is 89.7 Å². The minimum Gasteiger partial charge on any atom is -0.780 e. The molecule has 12 aromatic heterocycles. The van der Waals surface area contributed by atoms with Crippen molar-refractivity contribution in [3.05, 3.63) is 75.9 Å². The number of nitrogens with zero attached hydrogens (tertiary/aromatic N) is 24. The standard InChI is InChI=1S/3C20H21BF2N10O8P2S/c3*21-42(34)36-1-7-14(10(23)20(38-7)33-6-31-12-16(25)27-4-29-18(12)33)41-43(35,44)37-2-8-13(40-42)9(22)19(39-8)32-5-30-11-15(24)26-3-28-17(11)32/h3*3-10,13-14,19-20H,1-2H2,(H,35,44)(H2,24,26,28)(H2,25,27,29)/p-3/t7-,8-,9+,10+,13?,14?,19-,20-,42?,43?;7-,8-,9+,10+,13?,14?,19-,20-,42+,43?;7-,8-,9+,10+,13?,14?,19-,20-,42-,43?/m111/s1. The molecule has 0 aromatic carbocycles. The first kappa shape index (κ1) is 92.7. The highest BCUT2D eigenvalue weighted by Gasteiger charge is 2.58. The van der Waals surface area contributed by atoms with E-state index >= 15 is 26.3 Å². The molecule has 9 aliphatic rings. The zero-order chi connectivity index (χ0) is 92.9. The predicted molar refractivity (Wildman–Crippen MR) is 440 cm³/mol. The van der Waals surface area contributed by atoms with Gasteiger partial charge in [-0.25, -0.2) is 116 Å². The third-order valence-corrected chi connectivity index (χ3v) is 29.3. The van der Waals surface area contributed by atoms with Crippen LogP contribution >= 0.6 is 42.7 Å². The van der Waals surface area contributed by atoms with Crippen LogP contribution in [0.2, 0.25) is 0 Å². The molecule has 54 nitrogen and oxygen atoms in total. The average molecular weight is 2010 g/mol. The van der Waals surface area contributed by atoms with Crippen molar-refractivity contribution in [1.82, 2.24) is 117 Å². The summed E-state index contributed by atoms with van der Waals surface area (Å²) in [5.41, 5.74) is 36.7. The van der Waals surface area contributed by atoms with Crippen molar-refractivity contribution in [2.45, 2.75) is 148 Å². The number of fused-ring (bicyclic) bond motifs is 12. The van der Waals surface area contributed by atoms with Gasteiger partial charge in [-0.2, -0.15) is 0 Å². The van der Waals surface area contributed by atoms with E-state index < -0.39 is 230 Å². The molecule has 9 saturated heterocycles. The summed E-state index contributed by atoms with van der Waals surface area (Å²) in [5.74, 6) is 0.236. The number of imidazole rings is 6. The van der Waals surface area contributed by atoms with Gasteiger partial charge < -0.3 is 139 Å². The average Bonchev–Trinajstić information content (AvgIpc) is 1.62. The molecule has 696 valence electrons. The van der Waals surface area contributed by atoms with Crippen molar-refractivity contribution < 1.29 is 137 Å². The van der Waals surface area contributed by atoms with Crippen LogP contribution in [0, 0.1) is 0 Å². The lowest BCUT2D eigenvalue weighted by atomic mass is 10.1. The molecule has 12 aromatic rings. The number of halogens is 6. The zero-order valence-electron chi connectivity index (χ0n) is 65.9. The maximum atomic E-state index is 15.9. The number of aromatic nitrogens is 24. The fraction of sp³-hybridized carbons (Fsp3) is 0.500. The fourth-order valence-corrected chi connectivity index (χ4v) is 22.9. The highest BCUT2D eigenvalue weighted by molar-refractivity contribution is 8.32. The first-order valence-electron chi connectivity index (χ1n) is 38.2. The van der Waals surface area contributed by atoms with Crippen LogP contribution in [0.4, 0.5) is 61.2 Å². The summed E-state index contributed by atoms with van der Waals surface area (Å²) >= 11 is 15.1. The number of rotatable bonds is 6. The molecule has 9 fully saturated rings. The molecule has 132 heavy (non-hydrogen) atoms. The third kappa shape index (κ3) is 17.8. The largest absolute Gasteiger partial charge is 0.780 e. The van der Waals surface area contributed by atoms with Crippen molar-refractivity contribution in [3.8, 4) is 0 Å². The fourth-order valence-electron chi connectivity index (χ4n) is 15.6. The lowest BCUT2D eigenvalue weighted by Gasteiger charge is -2.35. The summed E-state index contributed by atoms with van der Waals surface area (Å²) in [6, 6.07) is 0. The number of hydrogen-bond donors (Lipinski definition) is 6. The molecule has 0 amide bonds. The Morgan fingerprint density at radius 3 is 0.697 bits per heavy atom. The Morgan fingerprint density at radius 1 is 0.303 bits per heavy atom.